The SMILES string of the molecule is CC(C)Oc1ccc(C=C(C#N)C#N)cc1. The van der Waals surface area contributed by atoms with Gasteiger partial charge < -0.3 is 4.74 Å². The molecule has 0 heterocycles. The molecule has 0 atom stereocenters. The van der Waals surface area contributed by atoms with Gasteiger partial charge in [0.15, 0.2) is 0 Å². The van der Waals surface area contributed by atoms with Gasteiger partial charge in [0.1, 0.15) is 23.5 Å². The predicted octanol–water partition coefficient (Wildman–Crippen LogP) is 2.90. The lowest BCUT2D eigenvalue weighted by atomic mass is 10.1. The third kappa shape index (κ3) is 3.48. The number of nitrogens with zero attached hydrogens (tertiary/aromatic N) is 2. The highest BCUT2D eigenvalue weighted by atomic mass is 16.5. The summed E-state index contributed by atoms with van der Waals surface area (Å²) in [5.74, 6) is 0.780. The fourth-order valence-electron chi connectivity index (χ4n) is 1.17. The number of nitriles is 2. The maximum atomic E-state index is 8.60. The van der Waals surface area contributed by atoms with Crippen molar-refractivity contribution in [2.24, 2.45) is 0 Å². The third-order valence-corrected chi connectivity index (χ3v) is 1.80. The van der Waals surface area contributed by atoms with Crippen LogP contribution in [0.2, 0.25) is 0 Å². The second-order valence-corrected chi connectivity index (χ2v) is 3.52. The Morgan fingerprint density at radius 2 is 1.75 bits per heavy atom. The Morgan fingerprint density at radius 3 is 2.19 bits per heavy atom. The minimum Gasteiger partial charge on any atom is -0.491 e. The summed E-state index contributed by atoms with van der Waals surface area (Å²) in [5, 5.41) is 17.2. The zero-order chi connectivity index (χ0) is 12.0. The van der Waals surface area contributed by atoms with E-state index in [0.717, 1.165) is 11.3 Å². The number of rotatable bonds is 3. The number of hydrogen-bond acceptors (Lipinski definition) is 3. The van der Waals surface area contributed by atoms with E-state index in [1.807, 2.05) is 50.3 Å². The molecule has 3 nitrogen and oxygen atoms in total. The molecule has 0 radical (unpaired) electrons. The van der Waals surface area contributed by atoms with Crippen LogP contribution >= 0.6 is 0 Å². The van der Waals surface area contributed by atoms with Crippen LogP contribution in [0.25, 0.3) is 6.08 Å². The minimum atomic E-state index is 0.0949. The fraction of sp³-hybridized carbons (Fsp3) is 0.231. The monoisotopic (exact) mass is 212 g/mol. The number of allylic oxidation sites excluding steroid dienone is 1. The van der Waals surface area contributed by atoms with Crippen LogP contribution in [-0.2, 0) is 0 Å². The largest absolute Gasteiger partial charge is 0.491 e. The first-order chi connectivity index (χ1) is 7.65. The highest BCUT2D eigenvalue weighted by Gasteiger charge is 1.98. The van der Waals surface area contributed by atoms with Crippen molar-refractivity contribution in [2.75, 3.05) is 0 Å². The Balaban J connectivity index is 2.85. The molecule has 0 aliphatic heterocycles. The minimum absolute atomic E-state index is 0.0949. The summed E-state index contributed by atoms with van der Waals surface area (Å²) in [6, 6.07) is 10.9. The maximum absolute atomic E-state index is 8.60. The summed E-state index contributed by atoms with van der Waals surface area (Å²) in [7, 11) is 0. The summed E-state index contributed by atoms with van der Waals surface area (Å²) in [5.41, 5.74) is 0.909. The molecular weight excluding hydrogens is 200 g/mol. The van der Waals surface area contributed by atoms with Gasteiger partial charge in [-0.2, -0.15) is 10.5 Å². The van der Waals surface area contributed by atoms with Crippen LogP contribution < -0.4 is 4.74 Å². The number of ether oxygens (including phenoxy) is 1. The first-order valence-corrected chi connectivity index (χ1v) is 4.94. The molecule has 80 valence electrons. The van der Waals surface area contributed by atoms with Crippen molar-refractivity contribution < 1.29 is 4.74 Å². The summed E-state index contributed by atoms with van der Waals surface area (Å²) in [4.78, 5) is 0. The number of hydrogen-bond donors (Lipinski definition) is 0. The molecule has 0 aliphatic rings. The van der Waals surface area contributed by atoms with Gasteiger partial charge in [0, 0.05) is 0 Å². The van der Waals surface area contributed by atoms with Crippen LogP contribution in [0.15, 0.2) is 29.8 Å². The summed E-state index contributed by atoms with van der Waals surface area (Å²) < 4.78 is 5.48. The second-order valence-electron chi connectivity index (χ2n) is 3.52. The van der Waals surface area contributed by atoms with Crippen molar-refractivity contribution in [1.29, 1.82) is 10.5 Å². The summed E-state index contributed by atoms with van der Waals surface area (Å²) in [6.07, 6.45) is 1.68. The lowest BCUT2D eigenvalue weighted by Crippen LogP contribution is -2.05. The molecule has 16 heavy (non-hydrogen) atoms. The molecule has 0 saturated carbocycles. The van der Waals surface area contributed by atoms with Crippen LogP contribution in [0.3, 0.4) is 0 Å². The van der Waals surface area contributed by atoms with E-state index in [1.165, 1.54) is 0 Å². The lowest BCUT2D eigenvalue weighted by Gasteiger charge is -2.09. The van der Waals surface area contributed by atoms with E-state index in [9.17, 15) is 0 Å². The highest BCUT2D eigenvalue weighted by molar-refractivity contribution is 5.62. The number of benzene rings is 1. The predicted molar refractivity (Wildman–Crippen MR) is 61.4 cm³/mol. The van der Waals surface area contributed by atoms with Gasteiger partial charge in [0.2, 0.25) is 0 Å². The Bertz CT molecular complexity index is 442. The molecule has 1 aromatic rings. The van der Waals surface area contributed by atoms with Gasteiger partial charge in [0.25, 0.3) is 0 Å². The Morgan fingerprint density at radius 1 is 1.19 bits per heavy atom. The van der Waals surface area contributed by atoms with Crippen molar-refractivity contribution in [2.45, 2.75) is 20.0 Å². The lowest BCUT2D eigenvalue weighted by molar-refractivity contribution is 0.242. The van der Waals surface area contributed by atoms with E-state index >= 15 is 0 Å². The molecule has 0 aromatic heterocycles. The Labute approximate surface area is 95.2 Å². The molecule has 0 fully saturated rings. The van der Waals surface area contributed by atoms with Gasteiger partial charge in [0.05, 0.1) is 6.10 Å². The average Bonchev–Trinajstić information content (AvgIpc) is 2.27. The zero-order valence-electron chi connectivity index (χ0n) is 9.27. The van der Waals surface area contributed by atoms with Crippen molar-refractivity contribution >= 4 is 6.08 Å². The highest BCUT2D eigenvalue weighted by Crippen LogP contribution is 2.15. The average molecular weight is 212 g/mol. The van der Waals surface area contributed by atoms with Gasteiger partial charge in [-0.3, -0.25) is 0 Å². The Kier molecular flexibility index (Phi) is 4.12. The van der Waals surface area contributed by atoms with Crippen LogP contribution in [0.1, 0.15) is 19.4 Å². The van der Waals surface area contributed by atoms with Crippen molar-refractivity contribution in [3.8, 4) is 17.9 Å². The zero-order valence-corrected chi connectivity index (χ0v) is 9.27. The molecule has 0 unspecified atom stereocenters. The topological polar surface area (TPSA) is 56.8 Å². The van der Waals surface area contributed by atoms with Gasteiger partial charge in [-0.1, -0.05) is 12.1 Å². The molecule has 0 spiro atoms. The molecule has 0 N–H and O–H groups in total. The quantitative estimate of drug-likeness (QED) is 0.724. The Hall–Kier alpha value is -2.26. The fourth-order valence-corrected chi connectivity index (χ4v) is 1.17. The van der Waals surface area contributed by atoms with Crippen LogP contribution in [0.4, 0.5) is 0 Å². The van der Waals surface area contributed by atoms with Gasteiger partial charge in [-0.25, -0.2) is 0 Å². The van der Waals surface area contributed by atoms with E-state index in [4.69, 9.17) is 15.3 Å². The summed E-state index contributed by atoms with van der Waals surface area (Å²) in [6.45, 7) is 3.91. The van der Waals surface area contributed by atoms with Crippen molar-refractivity contribution in [3.05, 3.63) is 35.4 Å². The van der Waals surface area contributed by atoms with E-state index in [-0.39, 0.29) is 11.7 Å². The van der Waals surface area contributed by atoms with E-state index in [0.29, 0.717) is 0 Å². The van der Waals surface area contributed by atoms with E-state index in [2.05, 4.69) is 0 Å². The molecule has 0 aliphatic carbocycles. The molecule has 1 aromatic carbocycles. The van der Waals surface area contributed by atoms with Crippen molar-refractivity contribution in [3.63, 3.8) is 0 Å². The first-order valence-electron chi connectivity index (χ1n) is 4.94. The van der Waals surface area contributed by atoms with Gasteiger partial charge in [-0.15, -0.1) is 0 Å². The standard InChI is InChI=1S/C13H12N2O/c1-10(2)16-13-5-3-11(4-6-13)7-12(8-14)9-15/h3-7,10H,1-2H3. The van der Waals surface area contributed by atoms with Gasteiger partial charge >= 0.3 is 0 Å². The second kappa shape index (κ2) is 5.58. The van der Waals surface area contributed by atoms with E-state index in [1.54, 1.807) is 6.08 Å². The first kappa shape index (κ1) is 11.8. The van der Waals surface area contributed by atoms with E-state index < -0.39 is 0 Å². The molecular formula is C13H12N2O. The van der Waals surface area contributed by atoms with Crippen LogP contribution in [0, 0.1) is 22.7 Å². The summed E-state index contributed by atoms with van der Waals surface area (Å²) >= 11 is 0. The smallest absolute Gasteiger partial charge is 0.130 e. The third-order valence-electron chi connectivity index (χ3n) is 1.80. The molecule has 0 saturated heterocycles. The molecule has 1 rings (SSSR count). The van der Waals surface area contributed by atoms with Crippen LogP contribution in [0.5, 0.6) is 5.75 Å². The molecule has 0 amide bonds. The molecule has 3 heteroatoms. The normalized spacial score (nSPS) is 9.06. The molecule has 0 bridgehead atoms. The van der Waals surface area contributed by atoms with Crippen LogP contribution in [-0.4, -0.2) is 6.10 Å². The van der Waals surface area contributed by atoms with Crippen molar-refractivity contribution in [1.82, 2.24) is 0 Å². The maximum Gasteiger partial charge on any atom is 0.130 e. The van der Waals surface area contributed by atoms with Gasteiger partial charge in [-0.05, 0) is 37.6 Å².